The lowest BCUT2D eigenvalue weighted by atomic mass is 10.1. The molecule has 0 atom stereocenters. The van der Waals surface area contributed by atoms with Gasteiger partial charge in [0, 0.05) is 60.1 Å². The molecule has 2 N–H and O–H groups in total. The van der Waals surface area contributed by atoms with Crippen LogP contribution >= 0.6 is 0 Å². The number of H-pyrrole nitrogens is 2. The molecule has 0 fully saturated rings. The Kier molecular flexibility index (Phi) is 3.14. The van der Waals surface area contributed by atoms with Crippen LogP contribution in [0.1, 0.15) is 0 Å². The van der Waals surface area contributed by atoms with E-state index in [1.165, 1.54) is 65.6 Å². The Labute approximate surface area is 188 Å². The number of hydrogen-bond acceptors (Lipinski definition) is 0. The van der Waals surface area contributed by atoms with Crippen molar-refractivity contribution in [3.05, 3.63) is 103 Å². The quantitative estimate of drug-likeness (QED) is 0.269. The highest BCUT2D eigenvalue weighted by Gasteiger charge is 2.14. The van der Waals surface area contributed by atoms with Gasteiger partial charge < -0.3 is 14.5 Å². The van der Waals surface area contributed by atoms with Crippen LogP contribution in [-0.4, -0.2) is 14.5 Å². The van der Waals surface area contributed by atoms with Crippen molar-refractivity contribution < 1.29 is 0 Å². The number of aromatic amines is 2. The predicted molar refractivity (Wildman–Crippen MR) is 140 cm³/mol. The number of aromatic nitrogens is 3. The second-order valence-electron chi connectivity index (χ2n) is 8.84. The van der Waals surface area contributed by atoms with Crippen LogP contribution in [0.25, 0.3) is 71.1 Å². The van der Waals surface area contributed by atoms with E-state index in [9.17, 15) is 0 Å². The van der Waals surface area contributed by atoms with Gasteiger partial charge in [0.2, 0.25) is 0 Å². The van der Waals surface area contributed by atoms with E-state index in [4.69, 9.17) is 0 Å². The third-order valence-electron chi connectivity index (χ3n) is 7.05. The molecule has 0 aliphatic rings. The Morgan fingerprint density at radius 1 is 0.394 bits per heavy atom. The monoisotopic (exact) mass is 421 g/mol. The summed E-state index contributed by atoms with van der Waals surface area (Å²) in [6.45, 7) is 0. The first-order chi connectivity index (χ1) is 16.3. The van der Waals surface area contributed by atoms with E-state index in [0.717, 1.165) is 5.52 Å². The summed E-state index contributed by atoms with van der Waals surface area (Å²) in [6, 6.07) is 37.2. The largest absolute Gasteiger partial charge is 0.354 e. The van der Waals surface area contributed by atoms with Crippen molar-refractivity contribution in [1.82, 2.24) is 14.5 Å². The standard InChI is InChI=1S/C30H19N3/c1-4-10-25-19(7-1)23-16-28-24(17-27(23)31-25)22-15-18(13-14-26(22)32-28)33-29-11-5-2-8-20(29)21-9-3-6-12-30(21)33/h1-17,31-32H. The van der Waals surface area contributed by atoms with Crippen LogP contribution in [0.5, 0.6) is 0 Å². The zero-order chi connectivity index (χ0) is 21.5. The maximum Gasteiger partial charge on any atom is 0.0541 e. The molecule has 5 aromatic carbocycles. The van der Waals surface area contributed by atoms with Crippen LogP contribution in [-0.2, 0) is 0 Å². The Morgan fingerprint density at radius 3 is 1.61 bits per heavy atom. The molecule has 3 nitrogen and oxygen atoms in total. The van der Waals surface area contributed by atoms with Gasteiger partial charge in [-0.1, -0.05) is 54.6 Å². The first-order valence-electron chi connectivity index (χ1n) is 11.3. The summed E-state index contributed by atoms with van der Waals surface area (Å²) in [5, 5.41) is 7.57. The minimum absolute atomic E-state index is 1.16. The lowest BCUT2D eigenvalue weighted by Crippen LogP contribution is -1.93. The van der Waals surface area contributed by atoms with E-state index in [0.29, 0.717) is 0 Å². The minimum Gasteiger partial charge on any atom is -0.354 e. The predicted octanol–water partition coefficient (Wildman–Crippen LogP) is 8.05. The average molecular weight is 422 g/mol. The maximum atomic E-state index is 3.65. The first kappa shape index (κ1) is 17.1. The van der Waals surface area contributed by atoms with Crippen molar-refractivity contribution in [2.24, 2.45) is 0 Å². The van der Waals surface area contributed by atoms with Crippen molar-refractivity contribution in [3.63, 3.8) is 0 Å². The third-order valence-corrected chi connectivity index (χ3v) is 7.05. The summed E-state index contributed by atoms with van der Waals surface area (Å²) in [5.74, 6) is 0. The zero-order valence-electron chi connectivity index (χ0n) is 17.8. The lowest BCUT2D eigenvalue weighted by Gasteiger charge is -2.08. The SMILES string of the molecule is c1ccc2c(c1)[nH]c1cc3c(cc12)[nH]c1ccc(-n2c4ccccc4c4ccccc42)cc13. The number of nitrogens with one attached hydrogen (secondary N) is 2. The van der Waals surface area contributed by atoms with E-state index in [1.807, 2.05) is 0 Å². The number of para-hydroxylation sites is 3. The maximum absolute atomic E-state index is 3.65. The second kappa shape index (κ2) is 6.05. The van der Waals surface area contributed by atoms with E-state index < -0.39 is 0 Å². The van der Waals surface area contributed by atoms with E-state index in [2.05, 4.69) is 118 Å². The van der Waals surface area contributed by atoms with Crippen molar-refractivity contribution in [1.29, 1.82) is 0 Å². The fourth-order valence-corrected chi connectivity index (χ4v) is 5.57. The fourth-order valence-electron chi connectivity index (χ4n) is 5.57. The molecule has 154 valence electrons. The molecule has 0 saturated heterocycles. The molecule has 0 aliphatic carbocycles. The summed E-state index contributed by atoms with van der Waals surface area (Å²) in [7, 11) is 0. The highest BCUT2D eigenvalue weighted by molar-refractivity contribution is 6.17. The number of benzene rings is 5. The van der Waals surface area contributed by atoms with Crippen LogP contribution in [0, 0.1) is 0 Å². The normalized spacial score (nSPS) is 12.2. The van der Waals surface area contributed by atoms with Gasteiger partial charge in [0.25, 0.3) is 0 Å². The fraction of sp³-hybridized carbons (Fsp3) is 0. The van der Waals surface area contributed by atoms with Gasteiger partial charge in [0.1, 0.15) is 0 Å². The third kappa shape index (κ3) is 2.23. The van der Waals surface area contributed by atoms with Gasteiger partial charge in [0.15, 0.2) is 0 Å². The Morgan fingerprint density at radius 2 is 0.909 bits per heavy atom. The summed E-state index contributed by atoms with van der Waals surface area (Å²) < 4.78 is 2.38. The Balaban J connectivity index is 1.46. The van der Waals surface area contributed by atoms with Crippen LogP contribution in [0.15, 0.2) is 103 Å². The summed E-state index contributed by atoms with van der Waals surface area (Å²) in [5.41, 5.74) is 8.32. The average Bonchev–Trinajstić information content (AvgIpc) is 3.51. The molecule has 3 heteroatoms. The summed E-state index contributed by atoms with van der Waals surface area (Å²) in [6.07, 6.45) is 0. The van der Waals surface area contributed by atoms with Gasteiger partial charge in [-0.05, 0) is 48.5 Å². The van der Waals surface area contributed by atoms with Gasteiger partial charge in [-0.25, -0.2) is 0 Å². The molecule has 33 heavy (non-hydrogen) atoms. The lowest BCUT2D eigenvalue weighted by molar-refractivity contribution is 1.19. The van der Waals surface area contributed by atoms with Crippen molar-refractivity contribution in [3.8, 4) is 5.69 Å². The molecule has 0 radical (unpaired) electrons. The minimum atomic E-state index is 1.16. The molecule has 3 heterocycles. The van der Waals surface area contributed by atoms with Crippen LogP contribution < -0.4 is 0 Å². The highest BCUT2D eigenvalue weighted by Crippen LogP contribution is 2.36. The highest BCUT2D eigenvalue weighted by atomic mass is 15.0. The molecule has 0 unspecified atom stereocenters. The smallest absolute Gasteiger partial charge is 0.0541 e. The van der Waals surface area contributed by atoms with Gasteiger partial charge in [-0.3, -0.25) is 0 Å². The van der Waals surface area contributed by atoms with Crippen molar-refractivity contribution >= 4 is 65.4 Å². The summed E-state index contributed by atoms with van der Waals surface area (Å²) >= 11 is 0. The molecular formula is C30H19N3. The molecule has 8 aromatic rings. The topological polar surface area (TPSA) is 36.5 Å². The number of fused-ring (bicyclic) bond motifs is 9. The zero-order valence-corrected chi connectivity index (χ0v) is 17.8. The van der Waals surface area contributed by atoms with Gasteiger partial charge in [-0.15, -0.1) is 0 Å². The number of hydrogen-bond donors (Lipinski definition) is 2. The summed E-state index contributed by atoms with van der Waals surface area (Å²) in [4.78, 5) is 7.24. The molecule has 0 aliphatic heterocycles. The van der Waals surface area contributed by atoms with Crippen molar-refractivity contribution in [2.75, 3.05) is 0 Å². The molecular weight excluding hydrogens is 402 g/mol. The molecule has 0 saturated carbocycles. The van der Waals surface area contributed by atoms with Crippen LogP contribution in [0.3, 0.4) is 0 Å². The molecule has 8 rings (SSSR count). The molecule has 0 amide bonds. The number of nitrogens with zero attached hydrogens (tertiary/aromatic N) is 1. The van der Waals surface area contributed by atoms with Gasteiger partial charge >= 0.3 is 0 Å². The Hall–Kier alpha value is -4.50. The van der Waals surface area contributed by atoms with E-state index in [-0.39, 0.29) is 0 Å². The molecule has 3 aromatic heterocycles. The molecule has 0 bridgehead atoms. The van der Waals surface area contributed by atoms with Crippen LogP contribution in [0.4, 0.5) is 0 Å². The molecule has 0 spiro atoms. The van der Waals surface area contributed by atoms with E-state index in [1.54, 1.807) is 0 Å². The van der Waals surface area contributed by atoms with Gasteiger partial charge in [0.05, 0.1) is 11.0 Å². The van der Waals surface area contributed by atoms with Crippen LogP contribution in [0.2, 0.25) is 0 Å². The van der Waals surface area contributed by atoms with Gasteiger partial charge in [-0.2, -0.15) is 0 Å². The second-order valence-corrected chi connectivity index (χ2v) is 8.84. The number of rotatable bonds is 1. The Bertz CT molecular complexity index is 1980. The van der Waals surface area contributed by atoms with Crippen molar-refractivity contribution in [2.45, 2.75) is 0 Å². The first-order valence-corrected chi connectivity index (χ1v) is 11.3. The van der Waals surface area contributed by atoms with E-state index >= 15 is 0 Å².